The molecule has 0 atom stereocenters. The number of nitrogens with zero attached hydrogens (tertiary/aromatic N) is 2. The molecule has 27 heavy (non-hydrogen) atoms. The maximum atomic E-state index is 12.0. The average Bonchev–Trinajstić information content (AvgIpc) is 2.71. The molecule has 0 aliphatic rings. The van der Waals surface area contributed by atoms with Crippen LogP contribution in [0.3, 0.4) is 0 Å². The molecule has 0 aliphatic heterocycles. The van der Waals surface area contributed by atoms with Crippen molar-refractivity contribution in [1.29, 1.82) is 0 Å². The molecule has 2 aromatic rings. The number of amides is 2. The van der Waals surface area contributed by atoms with Gasteiger partial charge in [0.25, 0.3) is 11.8 Å². The lowest BCUT2D eigenvalue weighted by Crippen LogP contribution is -2.27. The number of hydrazone groups is 2. The number of carbonyl (C=O) groups excluding carboxylic acids is 3. The molecule has 8 nitrogen and oxygen atoms in total. The molecule has 8 heteroatoms. The molecule has 0 saturated heterocycles. The fourth-order valence-corrected chi connectivity index (χ4v) is 1.90. The fraction of sp³-hybridized carbons (Fsp3) is 0.105. The van der Waals surface area contributed by atoms with Crippen LogP contribution < -0.4 is 10.9 Å². The summed E-state index contributed by atoms with van der Waals surface area (Å²) in [4.78, 5) is 35.9. The normalized spacial score (nSPS) is 11.1. The first-order valence-corrected chi connectivity index (χ1v) is 8.10. The van der Waals surface area contributed by atoms with E-state index in [1.807, 2.05) is 0 Å². The molecular formula is C19H18N4O4. The van der Waals surface area contributed by atoms with Crippen LogP contribution in [-0.2, 0) is 9.53 Å². The maximum absolute atomic E-state index is 12.0. The lowest BCUT2D eigenvalue weighted by Gasteiger charge is -2.03. The number of esters is 1. The van der Waals surface area contributed by atoms with Crippen molar-refractivity contribution in [2.45, 2.75) is 6.92 Å². The molecule has 0 fully saturated rings. The van der Waals surface area contributed by atoms with Gasteiger partial charge in [0.15, 0.2) is 5.71 Å². The van der Waals surface area contributed by atoms with Crippen LogP contribution in [0.2, 0.25) is 0 Å². The molecule has 0 aromatic heterocycles. The summed E-state index contributed by atoms with van der Waals surface area (Å²) in [5.41, 5.74) is 5.04. The lowest BCUT2D eigenvalue weighted by molar-refractivity contribution is -0.134. The highest BCUT2D eigenvalue weighted by atomic mass is 16.5. The summed E-state index contributed by atoms with van der Waals surface area (Å²) in [5.74, 6) is -1.74. The Morgan fingerprint density at radius 2 is 1.41 bits per heavy atom. The molecule has 138 valence electrons. The van der Waals surface area contributed by atoms with Gasteiger partial charge in [0.1, 0.15) is 0 Å². The molecule has 0 radical (unpaired) electrons. The fourth-order valence-electron chi connectivity index (χ4n) is 1.90. The van der Waals surface area contributed by atoms with Crippen molar-refractivity contribution in [3.05, 3.63) is 71.8 Å². The van der Waals surface area contributed by atoms with Crippen molar-refractivity contribution in [3.8, 4) is 0 Å². The first-order chi connectivity index (χ1) is 13.1. The van der Waals surface area contributed by atoms with Crippen molar-refractivity contribution in [1.82, 2.24) is 10.9 Å². The van der Waals surface area contributed by atoms with Gasteiger partial charge in [0.05, 0.1) is 12.8 Å². The van der Waals surface area contributed by atoms with Crippen molar-refractivity contribution in [2.24, 2.45) is 10.2 Å². The van der Waals surface area contributed by atoms with Crippen molar-refractivity contribution >= 4 is 29.7 Å². The Balaban J connectivity index is 2.06. The topological polar surface area (TPSA) is 109 Å². The molecular weight excluding hydrogens is 348 g/mol. The number of rotatable bonds is 7. The molecule has 2 rings (SSSR count). The molecule has 0 heterocycles. The first kappa shape index (κ1) is 19.5. The van der Waals surface area contributed by atoms with E-state index >= 15 is 0 Å². The molecule has 0 spiro atoms. The van der Waals surface area contributed by atoms with E-state index in [1.54, 1.807) is 67.6 Å². The van der Waals surface area contributed by atoms with Crippen LogP contribution in [0.1, 0.15) is 27.6 Å². The van der Waals surface area contributed by atoms with E-state index in [2.05, 4.69) is 21.1 Å². The molecule has 2 amide bonds. The summed E-state index contributed by atoms with van der Waals surface area (Å²) in [6, 6.07) is 16.8. The third-order valence-electron chi connectivity index (χ3n) is 3.19. The molecule has 0 aliphatic carbocycles. The number of hydrogen-bond acceptors (Lipinski definition) is 6. The van der Waals surface area contributed by atoms with Crippen LogP contribution in [0.25, 0.3) is 0 Å². The highest BCUT2D eigenvalue weighted by molar-refractivity contribution is 6.59. The van der Waals surface area contributed by atoms with Gasteiger partial charge in [-0.15, -0.1) is 0 Å². The standard InChI is InChI=1S/C19H18N4O4/c1-2-27-19(26)16(21-23-18(25)15-11-7-4-8-12-15)13-20-22-17(24)14-9-5-3-6-10-14/h3-13H,2H2,1H3,(H,22,24)(H,23,25). The molecule has 0 unspecified atom stereocenters. The van der Waals surface area contributed by atoms with E-state index in [0.29, 0.717) is 11.1 Å². The van der Waals surface area contributed by atoms with Crippen LogP contribution in [0.4, 0.5) is 0 Å². The van der Waals surface area contributed by atoms with Crippen LogP contribution in [0.5, 0.6) is 0 Å². The Morgan fingerprint density at radius 1 is 0.889 bits per heavy atom. The molecule has 2 N–H and O–H groups in total. The summed E-state index contributed by atoms with van der Waals surface area (Å²) in [6.07, 6.45) is 1.00. The third kappa shape index (κ3) is 6.20. The minimum Gasteiger partial charge on any atom is -0.461 e. The average molecular weight is 366 g/mol. The largest absolute Gasteiger partial charge is 0.461 e. The van der Waals surface area contributed by atoms with Crippen LogP contribution >= 0.6 is 0 Å². The first-order valence-electron chi connectivity index (χ1n) is 8.10. The minimum atomic E-state index is -0.788. The minimum absolute atomic E-state index is 0.120. The van der Waals surface area contributed by atoms with Gasteiger partial charge < -0.3 is 4.74 Å². The zero-order chi connectivity index (χ0) is 19.5. The van der Waals surface area contributed by atoms with Crippen LogP contribution in [-0.4, -0.2) is 36.3 Å². The Hall–Kier alpha value is -3.81. The zero-order valence-electron chi connectivity index (χ0n) is 14.6. The second-order valence-electron chi connectivity index (χ2n) is 5.09. The van der Waals surface area contributed by atoms with Gasteiger partial charge in [-0.1, -0.05) is 36.4 Å². The summed E-state index contributed by atoms with van der Waals surface area (Å²) in [7, 11) is 0. The van der Waals surface area contributed by atoms with E-state index in [0.717, 1.165) is 6.21 Å². The van der Waals surface area contributed by atoms with Gasteiger partial charge in [-0.3, -0.25) is 9.59 Å². The van der Waals surface area contributed by atoms with Gasteiger partial charge >= 0.3 is 5.97 Å². The zero-order valence-corrected chi connectivity index (χ0v) is 14.6. The van der Waals surface area contributed by atoms with E-state index in [9.17, 15) is 14.4 Å². The Kier molecular flexibility index (Phi) is 7.40. The Labute approximate surface area is 155 Å². The van der Waals surface area contributed by atoms with Crippen molar-refractivity contribution in [3.63, 3.8) is 0 Å². The predicted octanol–water partition coefficient (Wildman–Crippen LogP) is 1.75. The molecule has 0 bridgehead atoms. The molecule has 2 aromatic carbocycles. The molecule has 0 saturated carbocycles. The number of carbonyl (C=O) groups is 3. The van der Waals surface area contributed by atoms with Crippen LogP contribution in [0, 0.1) is 0 Å². The van der Waals surface area contributed by atoms with E-state index in [1.165, 1.54) is 0 Å². The van der Waals surface area contributed by atoms with Crippen molar-refractivity contribution < 1.29 is 19.1 Å². The maximum Gasteiger partial charge on any atom is 0.360 e. The second-order valence-corrected chi connectivity index (χ2v) is 5.09. The highest BCUT2D eigenvalue weighted by Crippen LogP contribution is 1.98. The van der Waals surface area contributed by atoms with E-state index in [4.69, 9.17) is 4.74 Å². The van der Waals surface area contributed by atoms with E-state index in [-0.39, 0.29) is 12.3 Å². The lowest BCUT2D eigenvalue weighted by atomic mass is 10.2. The second kappa shape index (κ2) is 10.2. The number of nitrogens with one attached hydrogen (secondary N) is 2. The van der Waals surface area contributed by atoms with Gasteiger partial charge in [0.2, 0.25) is 0 Å². The van der Waals surface area contributed by atoms with Gasteiger partial charge in [-0.25, -0.2) is 15.6 Å². The smallest absolute Gasteiger partial charge is 0.360 e. The Morgan fingerprint density at radius 3 is 1.93 bits per heavy atom. The predicted molar refractivity (Wildman–Crippen MR) is 100 cm³/mol. The van der Waals surface area contributed by atoms with Crippen molar-refractivity contribution in [2.75, 3.05) is 6.61 Å². The summed E-state index contributed by atoms with van der Waals surface area (Å²) in [5, 5.41) is 7.42. The SMILES string of the molecule is CCOC(=O)C(C=NNC(=O)c1ccccc1)=NNC(=O)c1ccccc1. The van der Waals surface area contributed by atoms with Gasteiger partial charge in [0, 0.05) is 11.1 Å². The number of hydrogen-bond donors (Lipinski definition) is 2. The number of ether oxygens (including phenoxy) is 1. The summed E-state index contributed by atoms with van der Waals surface area (Å²) >= 11 is 0. The van der Waals surface area contributed by atoms with Crippen LogP contribution in [0.15, 0.2) is 70.9 Å². The third-order valence-corrected chi connectivity index (χ3v) is 3.19. The number of benzene rings is 2. The quantitative estimate of drug-likeness (QED) is 0.442. The monoisotopic (exact) mass is 366 g/mol. The Bertz CT molecular complexity index is 849. The summed E-state index contributed by atoms with van der Waals surface area (Å²) < 4.78 is 4.86. The van der Waals surface area contributed by atoms with E-state index < -0.39 is 17.8 Å². The van der Waals surface area contributed by atoms with Gasteiger partial charge in [-0.05, 0) is 31.2 Å². The summed E-state index contributed by atoms with van der Waals surface area (Å²) in [6.45, 7) is 1.75. The van der Waals surface area contributed by atoms with Gasteiger partial charge in [-0.2, -0.15) is 10.2 Å². The highest BCUT2D eigenvalue weighted by Gasteiger charge is 2.12.